The number of H-pyrrole nitrogens is 1. The van der Waals surface area contributed by atoms with Crippen molar-refractivity contribution < 1.29 is 13.0 Å². The molecule has 5 aromatic rings. The van der Waals surface area contributed by atoms with Crippen LogP contribution in [0.25, 0.3) is 43.6 Å². The maximum absolute atomic E-state index is 13.3. The van der Waals surface area contributed by atoms with Crippen molar-refractivity contribution in [3.63, 3.8) is 0 Å². The van der Waals surface area contributed by atoms with Crippen molar-refractivity contribution >= 4 is 53.9 Å². The first-order valence-electron chi connectivity index (χ1n) is 9.20. The standard InChI is InChI=1S/C22H16N2O5S/c1-11-7-8-16-20(12(11)2)22(26)14-10-19-15(9-17(14)23-16)21(25)13-5-3-4-6-18(13)24(19)30(27,28)29/h3-10H,1-2H3,(H,23,26)(H,27,28,29). The Balaban J connectivity index is 2.12. The van der Waals surface area contributed by atoms with Crippen LogP contribution in [0.2, 0.25) is 0 Å². The van der Waals surface area contributed by atoms with Crippen LogP contribution in [0.3, 0.4) is 0 Å². The Hall–Kier alpha value is -3.49. The molecule has 0 saturated carbocycles. The van der Waals surface area contributed by atoms with Crippen LogP contribution in [-0.2, 0) is 10.3 Å². The Kier molecular flexibility index (Phi) is 3.71. The Morgan fingerprint density at radius 2 is 1.57 bits per heavy atom. The third kappa shape index (κ3) is 2.44. The maximum atomic E-state index is 13.3. The fourth-order valence-corrected chi connectivity index (χ4v) is 4.90. The molecule has 0 bridgehead atoms. The molecule has 2 aromatic heterocycles. The van der Waals surface area contributed by atoms with Crippen molar-refractivity contribution in [1.82, 2.24) is 8.96 Å². The minimum atomic E-state index is -4.75. The molecule has 0 spiro atoms. The SMILES string of the molecule is Cc1ccc2[nH]c3cc4c(=O)c5ccccc5n(S(=O)(=O)O)c4cc3c(=O)c2c1C. The number of pyridine rings is 2. The summed E-state index contributed by atoms with van der Waals surface area (Å²) in [6.45, 7) is 3.75. The molecule has 0 amide bonds. The lowest BCUT2D eigenvalue weighted by atomic mass is 10.0. The molecular weight excluding hydrogens is 404 g/mol. The summed E-state index contributed by atoms with van der Waals surface area (Å²) in [4.78, 5) is 29.6. The quantitative estimate of drug-likeness (QED) is 0.319. The summed E-state index contributed by atoms with van der Waals surface area (Å²) in [5.74, 6) is 0. The minimum Gasteiger partial charge on any atom is -0.354 e. The number of aryl methyl sites for hydroxylation is 2. The van der Waals surface area contributed by atoms with Crippen molar-refractivity contribution in [2.24, 2.45) is 0 Å². The Bertz CT molecular complexity index is 1780. The van der Waals surface area contributed by atoms with E-state index in [4.69, 9.17) is 0 Å². The predicted molar refractivity (Wildman–Crippen MR) is 118 cm³/mol. The fraction of sp³-hybridized carbons (Fsp3) is 0.0909. The molecule has 0 radical (unpaired) electrons. The number of benzene rings is 3. The number of hydrogen-bond acceptors (Lipinski definition) is 4. The van der Waals surface area contributed by atoms with E-state index in [9.17, 15) is 22.6 Å². The van der Waals surface area contributed by atoms with Crippen LogP contribution in [0.4, 0.5) is 0 Å². The fourth-order valence-electron chi connectivity index (χ4n) is 4.09. The van der Waals surface area contributed by atoms with Crippen molar-refractivity contribution in [2.45, 2.75) is 13.8 Å². The summed E-state index contributed by atoms with van der Waals surface area (Å²) in [5, 5.41) is 0.966. The summed E-state index contributed by atoms with van der Waals surface area (Å²) in [6.07, 6.45) is 0. The molecule has 0 aliphatic heterocycles. The number of fused-ring (bicyclic) bond motifs is 4. The van der Waals surface area contributed by atoms with E-state index < -0.39 is 10.3 Å². The highest BCUT2D eigenvalue weighted by molar-refractivity contribution is 7.84. The molecule has 7 nitrogen and oxygen atoms in total. The number of hydrogen-bond donors (Lipinski definition) is 2. The van der Waals surface area contributed by atoms with Crippen molar-refractivity contribution in [3.05, 3.63) is 80.1 Å². The van der Waals surface area contributed by atoms with Gasteiger partial charge in [0, 0.05) is 21.5 Å². The zero-order valence-corrected chi connectivity index (χ0v) is 16.9. The van der Waals surface area contributed by atoms with Crippen molar-refractivity contribution in [2.75, 3.05) is 0 Å². The minimum absolute atomic E-state index is 0.0427. The molecule has 30 heavy (non-hydrogen) atoms. The van der Waals surface area contributed by atoms with Gasteiger partial charge < -0.3 is 4.98 Å². The summed E-state index contributed by atoms with van der Waals surface area (Å²) < 4.78 is 35.1. The van der Waals surface area contributed by atoms with Gasteiger partial charge in [0.2, 0.25) is 0 Å². The molecule has 0 aliphatic carbocycles. The molecule has 5 rings (SSSR count). The van der Waals surface area contributed by atoms with Gasteiger partial charge in [0.15, 0.2) is 10.9 Å². The van der Waals surface area contributed by atoms with Crippen LogP contribution in [0.1, 0.15) is 11.1 Å². The molecule has 2 heterocycles. The van der Waals surface area contributed by atoms with E-state index in [1.807, 2.05) is 19.9 Å². The Morgan fingerprint density at radius 1 is 0.833 bits per heavy atom. The normalized spacial score (nSPS) is 12.4. The van der Waals surface area contributed by atoms with Gasteiger partial charge in [0.1, 0.15) is 0 Å². The van der Waals surface area contributed by atoms with Gasteiger partial charge in [0.25, 0.3) is 0 Å². The van der Waals surface area contributed by atoms with Gasteiger partial charge in [0.05, 0.1) is 22.1 Å². The highest BCUT2D eigenvalue weighted by Crippen LogP contribution is 2.26. The molecule has 0 saturated heterocycles. The van der Waals surface area contributed by atoms with Gasteiger partial charge in [-0.2, -0.15) is 8.42 Å². The van der Waals surface area contributed by atoms with Gasteiger partial charge in [-0.3, -0.25) is 14.1 Å². The van der Waals surface area contributed by atoms with E-state index in [1.54, 1.807) is 18.2 Å². The third-order valence-corrected chi connectivity index (χ3v) is 6.53. The topological polar surface area (TPSA) is 109 Å². The number of nitrogens with zero attached hydrogens (tertiary/aromatic N) is 1. The van der Waals surface area contributed by atoms with Gasteiger partial charge >= 0.3 is 10.3 Å². The van der Waals surface area contributed by atoms with Crippen molar-refractivity contribution in [1.29, 1.82) is 0 Å². The van der Waals surface area contributed by atoms with E-state index in [0.29, 0.717) is 20.4 Å². The zero-order chi connectivity index (χ0) is 21.4. The summed E-state index contributed by atoms with van der Waals surface area (Å²) in [5.41, 5.74) is 2.15. The van der Waals surface area contributed by atoms with Crippen LogP contribution in [-0.4, -0.2) is 21.9 Å². The number of aromatic nitrogens is 2. The first kappa shape index (κ1) is 18.5. The monoisotopic (exact) mass is 420 g/mol. The maximum Gasteiger partial charge on any atom is 0.364 e. The smallest absolute Gasteiger partial charge is 0.354 e. The molecule has 2 N–H and O–H groups in total. The van der Waals surface area contributed by atoms with Crippen LogP contribution in [0.5, 0.6) is 0 Å². The van der Waals surface area contributed by atoms with Crippen LogP contribution >= 0.6 is 0 Å². The van der Waals surface area contributed by atoms with Gasteiger partial charge in [-0.05, 0) is 55.3 Å². The molecule has 0 unspecified atom stereocenters. The molecule has 8 heteroatoms. The van der Waals surface area contributed by atoms with Gasteiger partial charge in [-0.1, -0.05) is 18.2 Å². The van der Waals surface area contributed by atoms with E-state index in [1.165, 1.54) is 24.3 Å². The van der Waals surface area contributed by atoms with E-state index >= 15 is 0 Å². The number of aromatic amines is 1. The molecule has 150 valence electrons. The summed E-state index contributed by atoms with van der Waals surface area (Å²) in [6, 6.07) is 12.7. The van der Waals surface area contributed by atoms with E-state index in [2.05, 4.69) is 4.98 Å². The van der Waals surface area contributed by atoms with Gasteiger partial charge in [-0.25, -0.2) is 3.97 Å². The third-order valence-electron chi connectivity index (χ3n) is 5.67. The first-order chi connectivity index (χ1) is 14.2. The average molecular weight is 420 g/mol. The second kappa shape index (κ2) is 6.01. The zero-order valence-electron chi connectivity index (χ0n) is 16.1. The largest absolute Gasteiger partial charge is 0.364 e. The predicted octanol–water partition coefficient (Wildman–Crippen LogP) is 3.42. The number of rotatable bonds is 1. The summed E-state index contributed by atoms with van der Waals surface area (Å²) in [7, 11) is -4.75. The first-order valence-corrected chi connectivity index (χ1v) is 10.6. The highest BCUT2D eigenvalue weighted by atomic mass is 32.2. The molecule has 3 aromatic carbocycles. The van der Waals surface area contributed by atoms with Crippen LogP contribution in [0.15, 0.2) is 58.1 Å². The molecule has 0 atom stereocenters. The van der Waals surface area contributed by atoms with E-state index in [-0.39, 0.29) is 38.0 Å². The van der Waals surface area contributed by atoms with Crippen LogP contribution < -0.4 is 10.9 Å². The lowest BCUT2D eigenvalue weighted by Crippen LogP contribution is -2.18. The van der Waals surface area contributed by atoms with Crippen molar-refractivity contribution in [3.8, 4) is 0 Å². The average Bonchev–Trinajstić information content (AvgIpc) is 2.69. The van der Waals surface area contributed by atoms with Gasteiger partial charge in [-0.15, -0.1) is 0 Å². The Morgan fingerprint density at radius 3 is 2.30 bits per heavy atom. The number of nitrogens with one attached hydrogen (secondary N) is 1. The lowest BCUT2D eigenvalue weighted by molar-refractivity contribution is 0.476. The second-order valence-electron chi connectivity index (χ2n) is 7.39. The Labute approximate surface area is 170 Å². The lowest BCUT2D eigenvalue weighted by Gasteiger charge is -2.13. The summed E-state index contributed by atoms with van der Waals surface area (Å²) >= 11 is 0. The molecule has 0 aliphatic rings. The molecular formula is C22H16N2O5S. The number of para-hydroxylation sites is 1. The van der Waals surface area contributed by atoms with E-state index in [0.717, 1.165) is 11.1 Å². The second-order valence-corrected chi connectivity index (χ2v) is 8.65. The molecule has 0 fully saturated rings. The highest BCUT2D eigenvalue weighted by Gasteiger charge is 2.20. The van der Waals surface area contributed by atoms with Crippen LogP contribution in [0, 0.1) is 13.8 Å².